The summed E-state index contributed by atoms with van der Waals surface area (Å²) in [5, 5.41) is 1.34. The Bertz CT molecular complexity index is 756. The van der Waals surface area contributed by atoms with Gasteiger partial charge in [-0.1, -0.05) is 36.4 Å². The molecule has 0 aliphatic carbocycles. The molecule has 0 saturated heterocycles. The summed E-state index contributed by atoms with van der Waals surface area (Å²) in [6.45, 7) is 0. The molecule has 0 N–H and O–H groups in total. The summed E-state index contributed by atoms with van der Waals surface area (Å²) in [7, 11) is -1.60. The monoisotopic (exact) mass is 324 g/mol. The summed E-state index contributed by atoms with van der Waals surface area (Å²) in [5.41, 5.74) is 0. The highest BCUT2D eigenvalue weighted by Crippen LogP contribution is 2.45. The van der Waals surface area contributed by atoms with Crippen LogP contribution in [0.3, 0.4) is 0 Å². The van der Waals surface area contributed by atoms with Crippen LogP contribution < -0.4 is 19.9 Å². The van der Waals surface area contributed by atoms with Crippen LogP contribution in [0, 0.1) is 0 Å². The minimum Gasteiger partial charge on any atom is -0.497 e. The number of rotatable bonds is 5. The van der Waals surface area contributed by atoms with Crippen LogP contribution in [-0.4, -0.2) is 7.11 Å². The fraction of sp³-hybridized carbons (Fsp3) is 0.0526. The van der Waals surface area contributed by atoms with Crippen molar-refractivity contribution in [2.45, 2.75) is 0 Å². The Hall–Kier alpha value is -2.51. The van der Waals surface area contributed by atoms with Gasteiger partial charge in [-0.3, -0.25) is 4.57 Å². The first-order valence-corrected chi connectivity index (χ1v) is 8.90. The minimum absolute atomic E-state index is 0.543. The van der Waals surface area contributed by atoms with Gasteiger partial charge >= 0.3 is 7.37 Å². The van der Waals surface area contributed by atoms with Gasteiger partial charge in [0.15, 0.2) is 0 Å². The molecule has 3 aromatic carbocycles. The third-order valence-corrected chi connectivity index (χ3v) is 5.91. The zero-order valence-electron chi connectivity index (χ0n) is 12.8. The number of benzene rings is 3. The molecule has 4 heteroatoms. The topological polar surface area (TPSA) is 35.5 Å². The average molecular weight is 324 g/mol. The summed E-state index contributed by atoms with van der Waals surface area (Å²) < 4.78 is 24.8. The maximum atomic E-state index is 13.7. The van der Waals surface area contributed by atoms with Crippen molar-refractivity contribution in [3.63, 3.8) is 0 Å². The fourth-order valence-electron chi connectivity index (χ4n) is 2.29. The second kappa shape index (κ2) is 6.72. The zero-order valence-corrected chi connectivity index (χ0v) is 13.6. The van der Waals surface area contributed by atoms with Crippen molar-refractivity contribution in [3.05, 3.63) is 84.9 Å². The molecule has 0 bridgehead atoms. The van der Waals surface area contributed by atoms with Crippen LogP contribution in [0.25, 0.3) is 0 Å². The molecule has 0 fully saturated rings. The van der Waals surface area contributed by atoms with E-state index in [1.165, 1.54) is 0 Å². The molecular weight excluding hydrogens is 307 g/mol. The highest BCUT2D eigenvalue weighted by Gasteiger charge is 2.29. The largest absolute Gasteiger partial charge is 0.497 e. The highest BCUT2D eigenvalue weighted by atomic mass is 31.2. The van der Waals surface area contributed by atoms with Gasteiger partial charge in [0.25, 0.3) is 0 Å². The van der Waals surface area contributed by atoms with E-state index >= 15 is 0 Å². The summed E-state index contributed by atoms with van der Waals surface area (Å²) in [5.74, 6) is 1.27. The molecule has 0 amide bonds. The molecule has 0 atom stereocenters. The quantitative estimate of drug-likeness (QED) is 0.665. The maximum Gasteiger partial charge on any atom is 0.306 e. The van der Waals surface area contributed by atoms with E-state index in [1.807, 2.05) is 60.7 Å². The van der Waals surface area contributed by atoms with Gasteiger partial charge in [0, 0.05) is 0 Å². The molecule has 0 radical (unpaired) electrons. The third kappa shape index (κ3) is 3.30. The second-order valence-electron chi connectivity index (χ2n) is 4.99. The fourth-order valence-corrected chi connectivity index (χ4v) is 4.34. The summed E-state index contributed by atoms with van der Waals surface area (Å²) in [6.07, 6.45) is 0. The Kier molecular flexibility index (Phi) is 4.50. The van der Waals surface area contributed by atoms with E-state index in [2.05, 4.69) is 0 Å². The van der Waals surface area contributed by atoms with Crippen LogP contribution in [0.5, 0.6) is 11.5 Å². The van der Waals surface area contributed by atoms with E-state index in [0.717, 1.165) is 5.75 Å². The molecule has 0 aromatic heterocycles. The number of hydrogen-bond acceptors (Lipinski definition) is 3. The van der Waals surface area contributed by atoms with E-state index in [1.54, 1.807) is 31.4 Å². The summed E-state index contributed by atoms with van der Waals surface area (Å²) in [4.78, 5) is 0. The van der Waals surface area contributed by atoms with E-state index in [9.17, 15) is 4.57 Å². The van der Waals surface area contributed by atoms with Crippen LogP contribution in [0.2, 0.25) is 0 Å². The van der Waals surface area contributed by atoms with Crippen LogP contribution in [0.1, 0.15) is 0 Å². The molecular formula is C19H17O3P. The van der Waals surface area contributed by atoms with E-state index in [-0.39, 0.29) is 0 Å². The Labute approximate surface area is 136 Å². The molecule has 3 rings (SSSR count). The number of ether oxygens (including phenoxy) is 1. The lowest BCUT2D eigenvalue weighted by Gasteiger charge is -2.20. The predicted octanol–water partition coefficient (Wildman–Crippen LogP) is 4.00. The van der Waals surface area contributed by atoms with Crippen molar-refractivity contribution in [3.8, 4) is 11.5 Å². The standard InChI is InChI=1S/C19H17O3P/c1-21-16-12-14-17(15-13-16)22-23(20,18-8-4-2-5-9-18)19-10-6-3-7-11-19/h2-15H,1H3. The second-order valence-corrected chi connectivity index (χ2v) is 7.31. The van der Waals surface area contributed by atoms with Crippen molar-refractivity contribution in [1.29, 1.82) is 0 Å². The lowest BCUT2D eigenvalue weighted by atomic mass is 10.3. The molecule has 0 heterocycles. The Morgan fingerprint density at radius 3 is 1.52 bits per heavy atom. The predicted molar refractivity (Wildman–Crippen MR) is 93.4 cm³/mol. The smallest absolute Gasteiger partial charge is 0.306 e. The van der Waals surface area contributed by atoms with Gasteiger partial charge in [-0.25, -0.2) is 0 Å². The zero-order chi connectivity index (χ0) is 16.1. The first kappa shape index (κ1) is 15.4. The van der Waals surface area contributed by atoms with Crippen molar-refractivity contribution in [2.24, 2.45) is 0 Å². The molecule has 0 aliphatic heterocycles. The van der Waals surface area contributed by atoms with Gasteiger partial charge in [0.05, 0.1) is 17.7 Å². The molecule has 3 aromatic rings. The number of hydrogen-bond donors (Lipinski definition) is 0. The average Bonchev–Trinajstić information content (AvgIpc) is 2.64. The van der Waals surface area contributed by atoms with Crippen molar-refractivity contribution in [1.82, 2.24) is 0 Å². The van der Waals surface area contributed by atoms with Crippen molar-refractivity contribution < 1.29 is 13.8 Å². The highest BCUT2D eigenvalue weighted by molar-refractivity contribution is 7.74. The lowest BCUT2D eigenvalue weighted by Crippen LogP contribution is -2.19. The van der Waals surface area contributed by atoms with Crippen molar-refractivity contribution >= 4 is 18.0 Å². The van der Waals surface area contributed by atoms with E-state index in [0.29, 0.717) is 16.4 Å². The summed E-state index contributed by atoms with van der Waals surface area (Å²) in [6, 6.07) is 25.7. The molecule has 0 spiro atoms. The lowest BCUT2D eigenvalue weighted by molar-refractivity contribution is 0.414. The molecule has 23 heavy (non-hydrogen) atoms. The Morgan fingerprint density at radius 1 is 0.652 bits per heavy atom. The SMILES string of the molecule is COc1ccc(OP(=O)(c2ccccc2)c2ccccc2)cc1. The Balaban J connectivity index is 2.04. The Morgan fingerprint density at radius 2 is 1.09 bits per heavy atom. The molecule has 3 nitrogen and oxygen atoms in total. The normalized spacial score (nSPS) is 11.0. The van der Waals surface area contributed by atoms with Crippen molar-refractivity contribution in [2.75, 3.05) is 7.11 Å². The molecule has 0 unspecified atom stereocenters. The van der Waals surface area contributed by atoms with E-state index in [4.69, 9.17) is 9.26 Å². The van der Waals surface area contributed by atoms with Gasteiger partial charge in [0.2, 0.25) is 0 Å². The molecule has 0 saturated carbocycles. The van der Waals surface area contributed by atoms with Crippen LogP contribution in [0.4, 0.5) is 0 Å². The third-order valence-electron chi connectivity index (χ3n) is 3.49. The van der Waals surface area contributed by atoms with Gasteiger partial charge in [-0.05, 0) is 48.5 Å². The first-order valence-electron chi connectivity index (χ1n) is 7.27. The summed E-state index contributed by atoms with van der Waals surface area (Å²) >= 11 is 0. The van der Waals surface area contributed by atoms with Gasteiger partial charge < -0.3 is 9.26 Å². The van der Waals surface area contributed by atoms with E-state index < -0.39 is 7.37 Å². The maximum absolute atomic E-state index is 13.7. The molecule has 0 aliphatic rings. The minimum atomic E-state index is -3.21. The molecule has 116 valence electrons. The van der Waals surface area contributed by atoms with Gasteiger partial charge in [-0.15, -0.1) is 0 Å². The first-order chi connectivity index (χ1) is 11.2. The van der Waals surface area contributed by atoms with Gasteiger partial charge in [0.1, 0.15) is 11.5 Å². The van der Waals surface area contributed by atoms with Gasteiger partial charge in [-0.2, -0.15) is 0 Å². The van der Waals surface area contributed by atoms with Crippen LogP contribution in [0.15, 0.2) is 84.9 Å². The van der Waals surface area contributed by atoms with Crippen LogP contribution >= 0.6 is 7.37 Å². The van der Waals surface area contributed by atoms with Crippen LogP contribution in [-0.2, 0) is 4.57 Å². The number of methoxy groups -OCH3 is 1.